The molecule has 1 fully saturated rings. The highest BCUT2D eigenvalue weighted by molar-refractivity contribution is 5.77. The molecule has 4 heteroatoms. The summed E-state index contributed by atoms with van der Waals surface area (Å²) in [4.78, 5) is 11.7. The van der Waals surface area contributed by atoms with Crippen LogP contribution >= 0.6 is 0 Å². The van der Waals surface area contributed by atoms with Crippen LogP contribution in [0.5, 0.6) is 0 Å². The predicted octanol–water partition coefficient (Wildman–Crippen LogP) is 2.82. The summed E-state index contributed by atoms with van der Waals surface area (Å²) in [7, 11) is 0. The van der Waals surface area contributed by atoms with Gasteiger partial charge in [0.2, 0.25) is 0 Å². The van der Waals surface area contributed by atoms with Crippen molar-refractivity contribution in [2.45, 2.75) is 18.5 Å². The van der Waals surface area contributed by atoms with E-state index in [1.165, 1.54) is 12.1 Å². The number of hydrogen-bond acceptors (Lipinski definition) is 3. The zero-order valence-electron chi connectivity index (χ0n) is 11.5. The highest BCUT2D eigenvalue weighted by Crippen LogP contribution is 2.24. The Hall–Kier alpha value is -2.20. The first kappa shape index (κ1) is 13.8. The maximum atomic E-state index is 13.1. The Morgan fingerprint density at radius 3 is 2.33 bits per heavy atom. The minimum absolute atomic E-state index is 0.164. The molecule has 2 unspecified atom stereocenters. The van der Waals surface area contributed by atoms with Gasteiger partial charge in [-0.2, -0.15) is 0 Å². The van der Waals surface area contributed by atoms with Crippen LogP contribution in [0.1, 0.15) is 23.6 Å². The monoisotopic (exact) mass is 285 g/mol. The van der Waals surface area contributed by atoms with Gasteiger partial charge in [-0.3, -0.25) is 10.1 Å². The molecule has 3 rings (SSSR count). The minimum Gasteiger partial charge on any atom is -0.464 e. The van der Waals surface area contributed by atoms with Gasteiger partial charge in [-0.05, 0) is 23.3 Å². The summed E-state index contributed by atoms with van der Waals surface area (Å²) in [5, 5.41) is 3.32. The van der Waals surface area contributed by atoms with Crippen LogP contribution in [0.2, 0.25) is 0 Å². The second-order valence-electron chi connectivity index (χ2n) is 5.07. The summed E-state index contributed by atoms with van der Waals surface area (Å²) in [6, 6.07) is 15.7. The molecule has 2 atom stereocenters. The molecule has 0 saturated carbocycles. The largest absolute Gasteiger partial charge is 0.464 e. The third kappa shape index (κ3) is 3.11. The first-order valence-corrected chi connectivity index (χ1v) is 6.97. The molecule has 2 aromatic carbocycles. The van der Waals surface area contributed by atoms with Crippen molar-refractivity contribution >= 4 is 5.97 Å². The molecule has 0 spiro atoms. The average molecular weight is 285 g/mol. The van der Waals surface area contributed by atoms with Gasteiger partial charge in [-0.1, -0.05) is 42.5 Å². The lowest BCUT2D eigenvalue weighted by molar-refractivity contribution is -0.139. The molecule has 0 aromatic heterocycles. The van der Waals surface area contributed by atoms with Crippen molar-refractivity contribution in [2.75, 3.05) is 6.61 Å². The van der Waals surface area contributed by atoms with Gasteiger partial charge in [-0.25, -0.2) is 4.39 Å². The van der Waals surface area contributed by atoms with Crippen molar-refractivity contribution < 1.29 is 13.9 Å². The normalized spacial score (nSPS) is 19.3. The number of nitrogens with one attached hydrogen (secondary N) is 1. The van der Waals surface area contributed by atoms with Crippen molar-refractivity contribution in [2.24, 2.45) is 0 Å². The van der Waals surface area contributed by atoms with Crippen LogP contribution in [0, 0.1) is 5.82 Å². The molecule has 1 aliphatic rings. The number of benzene rings is 2. The second kappa shape index (κ2) is 6.06. The first-order valence-electron chi connectivity index (χ1n) is 6.97. The second-order valence-corrected chi connectivity index (χ2v) is 5.07. The fourth-order valence-corrected chi connectivity index (χ4v) is 2.53. The Morgan fingerprint density at radius 1 is 1.05 bits per heavy atom. The van der Waals surface area contributed by atoms with Crippen LogP contribution in [0.15, 0.2) is 54.6 Å². The lowest BCUT2D eigenvalue weighted by atomic mass is 9.97. The quantitative estimate of drug-likeness (QED) is 0.878. The van der Waals surface area contributed by atoms with Gasteiger partial charge in [-0.15, -0.1) is 0 Å². The SMILES string of the molecule is O=C1OCCC1NC(c1ccccc1)c1ccc(F)cc1. The molecule has 0 bridgehead atoms. The zero-order chi connectivity index (χ0) is 14.7. The Morgan fingerprint density at radius 2 is 1.71 bits per heavy atom. The van der Waals surface area contributed by atoms with Crippen molar-refractivity contribution in [1.29, 1.82) is 0 Å². The third-order valence-electron chi connectivity index (χ3n) is 3.64. The fraction of sp³-hybridized carbons (Fsp3) is 0.235. The minimum atomic E-state index is -0.319. The van der Waals surface area contributed by atoms with Gasteiger partial charge < -0.3 is 4.74 Å². The molecular weight excluding hydrogens is 269 g/mol. The Bertz CT molecular complexity index is 612. The van der Waals surface area contributed by atoms with E-state index in [1.54, 1.807) is 12.1 Å². The number of carbonyl (C=O) groups excluding carboxylic acids is 1. The molecule has 108 valence electrons. The van der Waals surface area contributed by atoms with E-state index in [4.69, 9.17) is 4.74 Å². The van der Waals surface area contributed by atoms with E-state index in [0.29, 0.717) is 13.0 Å². The van der Waals surface area contributed by atoms with Gasteiger partial charge >= 0.3 is 5.97 Å². The van der Waals surface area contributed by atoms with Crippen LogP contribution in [-0.4, -0.2) is 18.6 Å². The number of hydrogen-bond donors (Lipinski definition) is 1. The predicted molar refractivity (Wildman–Crippen MR) is 77.2 cm³/mol. The summed E-state index contributed by atoms with van der Waals surface area (Å²) in [5.74, 6) is -0.496. The maximum Gasteiger partial charge on any atom is 0.323 e. The van der Waals surface area contributed by atoms with E-state index in [1.807, 2.05) is 30.3 Å². The summed E-state index contributed by atoms with van der Waals surface area (Å²) in [5.41, 5.74) is 1.95. The molecule has 21 heavy (non-hydrogen) atoms. The zero-order valence-corrected chi connectivity index (χ0v) is 11.5. The van der Waals surface area contributed by atoms with Crippen LogP contribution in [-0.2, 0) is 9.53 Å². The van der Waals surface area contributed by atoms with E-state index in [2.05, 4.69) is 5.32 Å². The van der Waals surface area contributed by atoms with E-state index in [-0.39, 0.29) is 23.9 Å². The number of rotatable bonds is 4. The van der Waals surface area contributed by atoms with Crippen LogP contribution in [0.25, 0.3) is 0 Å². The number of ether oxygens (including phenoxy) is 1. The maximum absolute atomic E-state index is 13.1. The Labute approximate surface area is 122 Å². The Kier molecular flexibility index (Phi) is 3.97. The Balaban J connectivity index is 1.91. The first-order chi connectivity index (χ1) is 10.2. The van der Waals surface area contributed by atoms with Gasteiger partial charge in [0, 0.05) is 6.42 Å². The van der Waals surface area contributed by atoms with Crippen molar-refractivity contribution in [3.63, 3.8) is 0 Å². The van der Waals surface area contributed by atoms with E-state index in [0.717, 1.165) is 11.1 Å². The lowest BCUT2D eigenvalue weighted by Gasteiger charge is -2.22. The number of carbonyl (C=O) groups is 1. The molecular formula is C17H16FNO2. The summed E-state index contributed by atoms with van der Waals surface area (Å²) in [6.07, 6.45) is 0.656. The molecule has 3 nitrogen and oxygen atoms in total. The number of cyclic esters (lactones) is 1. The van der Waals surface area contributed by atoms with Gasteiger partial charge in [0.25, 0.3) is 0 Å². The molecule has 1 N–H and O–H groups in total. The smallest absolute Gasteiger partial charge is 0.323 e. The molecule has 0 radical (unpaired) electrons. The fourth-order valence-electron chi connectivity index (χ4n) is 2.53. The topological polar surface area (TPSA) is 38.3 Å². The van der Waals surface area contributed by atoms with Crippen molar-refractivity contribution in [1.82, 2.24) is 5.32 Å². The van der Waals surface area contributed by atoms with E-state index < -0.39 is 0 Å². The third-order valence-corrected chi connectivity index (χ3v) is 3.64. The molecule has 0 amide bonds. The van der Waals surface area contributed by atoms with Gasteiger partial charge in [0.15, 0.2) is 0 Å². The number of esters is 1. The van der Waals surface area contributed by atoms with Crippen LogP contribution in [0.4, 0.5) is 4.39 Å². The van der Waals surface area contributed by atoms with Crippen LogP contribution in [0.3, 0.4) is 0 Å². The lowest BCUT2D eigenvalue weighted by Crippen LogP contribution is -2.36. The van der Waals surface area contributed by atoms with Crippen molar-refractivity contribution in [3.05, 3.63) is 71.5 Å². The van der Waals surface area contributed by atoms with Crippen molar-refractivity contribution in [3.8, 4) is 0 Å². The highest BCUT2D eigenvalue weighted by atomic mass is 19.1. The molecule has 0 aliphatic carbocycles. The molecule has 1 aliphatic heterocycles. The van der Waals surface area contributed by atoms with E-state index in [9.17, 15) is 9.18 Å². The molecule has 1 heterocycles. The summed E-state index contributed by atoms with van der Waals surface area (Å²) < 4.78 is 18.1. The molecule has 1 saturated heterocycles. The summed E-state index contributed by atoms with van der Waals surface area (Å²) in [6.45, 7) is 0.446. The van der Waals surface area contributed by atoms with Gasteiger partial charge in [0.05, 0.1) is 12.6 Å². The summed E-state index contributed by atoms with van der Waals surface area (Å²) >= 11 is 0. The number of halogens is 1. The highest BCUT2D eigenvalue weighted by Gasteiger charge is 2.29. The average Bonchev–Trinajstić information content (AvgIpc) is 2.92. The standard InChI is InChI=1S/C17H16FNO2/c18-14-8-6-13(7-9-14)16(12-4-2-1-3-5-12)19-15-10-11-21-17(15)20/h1-9,15-16,19H,10-11H2. The van der Waals surface area contributed by atoms with E-state index >= 15 is 0 Å². The molecule has 2 aromatic rings. The van der Waals surface area contributed by atoms with Crippen LogP contribution < -0.4 is 5.32 Å². The van der Waals surface area contributed by atoms with Gasteiger partial charge in [0.1, 0.15) is 11.9 Å².